The van der Waals surface area contributed by atoms with Crippen molar-refractivity contribution in [2.75, 3.05) is 13.2 Å². The molecule has 2 aliphatic heterocycles. The van der Waals surface area contributed by atoms with Gasteiger partial charge < -0.3 is 20.6 Å². The highest BCUT2D eigenvalue weighted by Crippen LogP contribution is 2.39. The number of nitrogens with one attached hydrogen (secondary N) is 2. The number of aliphatic hydroxyl groups excluding tert-OH is 1. The fourth-order valence-electron chi connectivity index (χ4n) is 5.45. The van der Waals surface area contributed by atoms with E-state index in [-0.39, 0.29) is 29.9 Å². The first kappa shape index (κ1) is 16.9. The van der Waals surface area contributed by atoms with Crippen LogP contribution in [0.1, 0.15) is 57.8 Å². The molecule has 4 aliphatic rings. The summed E-state index contributed by atoms with van der Waals surface area (Å²) < 4.78 is 0. The monoisotopic (exact) mass is 347 g/mol. The molecule has 3 atom stereocenters. The first-order chi connectivity index (χ1) is 12.2. The van der Waals surface area contributed by atoms with E-state index in [4.69, 9.17) is 0 Å². The van der Waals surface area contributed by atoms with Crippen molar-refractivity contribution in [2.24, 2.45) is 5.92 Å². The highest BCUT2D eigenvalue weighted by Gasteiger charge is 2.47. The third-order valence-electron chi connectivity index (χ3n) is 6.56. The van der Waals surface area contributed by atoms with E-state index >= 15 is 0 Å². The molecule has 0 radical (unpaired) electrons. The number of hydrogen-bond acceptors (Lipinski definition) is 4. The van der Waals surface area contributed by atoms with Crippen molar-refractivity contribution in [3.8, 4) is 0 Å². The highest BCUT2D eigenvalue weighted by atomic mass is 16.3. The summed E-state index contributed by atoms with van der Waals surface area (Å²) in [5.41, 5.74) is 1.76. The van der Waals surface area contributed by atoms with Gasteiger partial charge in [-0.2, -0.15) is 0 Å². The van der Waals surface area contributed by atoms with Crippen molar-refractivity contribution in [1.29, 1.82) is 0 Å². The summed E-state index contributed by atoms with van der Waals surface area (Å²) >= 11 is 0. The van der Waals surface area contributed by atoms with Crippen LogP contribution in [0, 0.1) is 5.92 Å². The topological polar surface area (TPSA) is 81.7 Å². The Balaban J connectivity index is 1.78. The van der Waals surface area contributed by atoms with Crippen LogP contribution in [0.25, 0.3) is 0 Å². The number of aliphatic hydroxyl groups is 1. The number of fused-ring (bicyclic) bond motifs is 1. The fraction of sp³-hybridized carbons (Fsp3) is 0.789. The Morgan fingerprint density at radius 2 is 1.80 bits per heavy atom. The molecule has 4 rings (SSSR count). The normalized spacial score (nSPS) is 33.2. The average Bonchev–Trinajstić information content (AvgIpc) is 2.93. The van der Waals surface area contributed by atoms with Crippen LogP contribution >= 0.6 is 0 Å². The van der Waals surface area contributed by atoms with Crippen LogP contribution in [0.4, 0.5) is 0 Å². The first-order valence-electron chi connectivity index (χ1n) is 9.90. The molecule has 2 aliphatic carbocycles. The van der Waals surface area contributed by atoms with E-state index in [1.165, 1.54) is 6.42 Å². The van der Waals surface area contributed by atoms with Gasteiger partial charge in [0.1, 0.15) is 6.61 Å². The van der Waals surface area contributed by atoms with Crippen LogP contribution in [0.15, 0.2) is 11.3 Å². The molecule has 2 saturated carbocycles. The summed E-state index contributed by atoms with van der Waals surface area (Å²) in [6, 6.07) is 0.0901. The van der Waals surface area contributed by atoms with E-state index in [0.717, 1.165) is 62.6 Å². The summed E-state index contributed by atoms with van der Waals surface area (Å²) in [6.07, 6.45) is 9.89. The Kier molecular flexibility index (Phi) is 4.71. The van der Waals surface area contributed by atoms with Crippen LogP contribution in [0.3, 0.4) is 0 Å². The maximum absolute atomic E-state index is 12.8. The smallest absolute Gasteiger partial charge is 0.251 e. The highest BCUT2D eigenvalue weighted by molar-refractivity contribution is 5.99. The lowest BCUT2D eigenvalue weighted by molar-refractivity contribution is -0.141. The molecule has 6 nitrogen and oxygen atoms in total. The van der Waals surface area contributed by atoms with Crippen molar-refractivity contribution in [3.05, 3.63) is 11.3 Å². The molecule has 0 bridgehead atoms. The molecule has 2 amide bonds. The SMILES string of the molecule is O=C1NCC2=C1[C@@H](C1CCCCC1)N(C(=O)CO)[C@@H]1CCCCC1N2. The molecule has 0 aromatic heterocycles. The van der Waals surface area contributed by atoms with Gasteiger partial charge in [-0.1, -0.05) is 32.1 Å². The Morgan fingerprint density at radius 3 is 2.56 bits per heavy atom. The average molecular weight is 347 g/mol. The largest absolute Gasteiger partial charge is 0.387 e. The van der Waals surface area contributed by atoms with Gasteiger partial charge in [0.25, 0.3) is 5.91 Å². The van der Waals surface area contributed by atoms with E-state index in [9.17, 15) is 14.7 Å². The second-order valence-corrected chi connectivity index (χ2v) is 7.98. The predicted molar refractivity (Wildman–Crippen MR) is 93.5 cm³/mol. The minimum atomic E-state index is -0.476. The number of amides is 2. The second kappa shape index (κ2) is 6.98. The van der Waals surface area contributed by atoms with Gasteiger partial charge in [0, 0.05) is 11.7 Å². The molecule has 0 saturated heterocycles. The van der Waals surface area contributed by atoms with Gasteiger partial charge in [0.15, 0.2) is 0 Å². The molecule has 25 heavy (non-hydrogen) atoms. The summed E-state index contributed by atoms with van der Waals surface area (Å²) in [6.45, 7) is 0.0679. The molecular formula is C19H29N3O3. The molecule has 1 unspecified atom stereocenters. The molecule has 3 N–H and O–H groups in total. The molecular weight excluding hydrogens is 318 g/mol. The molecule has 0 aromatic rings. The summed E-state index contributed by atoms with van der Waals surface area (Å²) in [5.74, 6) is 0.0655. The predicted octanol–water partition coefficient (Wildman–Crippen LogP) is 1.05. The van der Waals surface area contributed by atoms with Crippen LogP contribution in [0.2, 0.25) is 0 Å². The van der Waals surface area contributed by atoms with Crippen molar-refractivity contribution in [2.45, 2.75) is 75.9 Å². The van der Waals surface area contributed by atoms with Gasteiger partial charge in [-0.05, 0) is 31.6 Å². The Hall–Kier alpha value is -1.56. The minimum absolute atomic E-state index is 0.0348. The number of hydrogen-bond donors (Lipinski definition) is 3. The molecule has 0 spiro atoms. The van der Waals surface area contributed by atoms with E-state index in [1.807, 2.05) is 4.90 Å². The zero-order valence-electron chi connectivity index (χ0n) is 14.8. The summed E-state index contributed by atoms with van der Waals surface area (Å²) in [5, 5.41) is 16.2. The van der Waals surface area contributed by atoms with Gasteiger partial charge in [-0.25, -0.2) is 0 Å². The van der Waals surface area contributed by atoms with Crippen molar-refractivity contribution < 1.29 is 14.7 Å². The number of rotatable bonds is 2. The van der Waals surface area contributed by atoms with Crippen LogP contribution in [-0.4, -0.2) is 53.1 Å². The molecule has 0 aromatic carbocycles. The van der Waals surface area contributed by atoms with E-state index in [1.54, 1.807) is 0 Å². The van der Waals surface area contributed by atoms with Gasteiger partial charge in [0.2, 0.25) is 5.91 Å². The zero-order chi connectivity index (χ0) is 17.4. The molecule has 6 heteroatoms. The maximum Gasteiger partial charge on any atom is 0.251 e. The maximum atomic E-state index is 12.8. The third-order valence-corrected chi connectivity index (χ3v) is 6.56. The molecule has 138 valence electrons. The quantitative estimate of drug-likeness (QED) is 0.697. The second-order valence-electron chi connectivity index (χ2n) is 7.98. The molecule has 2 fully saturated rings. The van der Waals surface area contributed by atoms with Gasteiger partial charge in [-0.15, -0.1) is 0 Å². The van der Waals surface area contributed by atoms with Gasteiger partial charge >= 0.3 is 0 Å². The standard InChI is InChI=1S/C19H29N3O3/c23-11-16(24)22-15-9-5-4-8-13(15)21-14-10-20-19(25)17(14)18(22)12-6-2-1-3-7-12/h12-13,15,18,21,23H,1-11H2,(H,20,25)/t13?,15-,18-/m1/s1. The van der Waals surface area contributed by atoms with Crippen molar-refractivity contribution >= 4 is 11.8 Å². The Morgan fingerprint density at radius 1 is 1.08 bits per heavy atom. The van der Waals surface area contributed by atoms with E-state index in [2.05, 4.69) is 10.6 Å². The minimum Gasteiger partial charge on any atom is -0.387 e. The van der Waals surface area contributed by atoms with Crippen molar-refractivity contribution in [1.82, 2.24) is 15.5 Å². The number of carbonyl (C=O) groups excluding carboxylic acids is 2. The van der Waals surface area contributed by atoms with Crippen LogP contribution in [-0.2, 0) is 9.59 Å². The summed E-state index contributed by atoms with van der Waals surface area (Å²) in [7, 11) is 0. The lowest BCUT2D eigenvalue weighted by Gasteiger charge is -2.45. The van der Waals surface area contributed by atoms with Crippen LogP contribution < -0.4 is 10.6 Å². The number of carbonyl (C=O) groups is 2. The van der Waals surface area contributed by atoms with E-state index in [0.29, 0.717) is 12.5 Å². The Bertz CT molecular complexity index is 582. The molecule has 2 heterocycles. The Labute approximate surface area is 149 Å². The first-order valence-corrected chi connectivity index (χ1v) is 9.90. The fourth-order valence-corrected chi connectivity index (χ4v) is 5.45. The third kappa shape index (κ3) is 2.94. The zero-order valence-corrected chi connectivity index (χ0v) is 14.8. The van der Waals surface area contributed by atoms with E-state index < -0.39 is 6.61 Å². The number of nitrogens with zero attached hydrogens (tertiary/aromatic N) is 1. The lowest BCUT2D eigenvalue weighted by atomic mass is 9.78. The van der Waals surface area contributed by atoms with Crippen molar-refractivity contribution in [3.63, 3.8) is 0 Å². The van der Waals surface area contributed by atoms with Crippen LogP contribution in [0.5, 0.6) is 0 Å². The van der Waals surface area contributed by atoms with Gasteiger partial charge in [-0.3, -0.25) is 9.59 Å². The lowest BCUT2D eigenvalue weighted by Crippen LogP contribution is -2.58. The summed E-state index contributed by atoms with van der Waals surface area (Å²) in [4.78, 5) is 27.4. The van der Waals surface area contributed by atoms with Gasteiger partial charge in [0.05, 0.1) is 24.2 Å².